The summed E-state index contributed by atoms with van der Waals surface area (Å²) < 4.78 is 6.20. The summed E-state index contributed by atoms with van der Waals surface area (Å²) in [5.74, 6) is 0. The lowest BCUT2D eigenvalue weighted by Gasteiger charge is -2.28. The lowest BCUT2D eigenvalue weighted by atomic mass is 9.92. The second kappa shape index (κ2) is 12.4. The number of furan rings is 1. The number of para-hydroxylation sites is 4. The predicted octanol–water partition coefficient (Wildman–Crippen LogP) is 15.0. The molecule has 0 bridgehead atoms. The van der Waals surface area contributed by atoms with Crippen LogP contribution in [0.3, 0.4) is 0 Å². The molecule has 254 valence electrons. The van der Waals surface area contributed by atoms with Crippen molar-refractivity contribution in [3.8, 4) is 11.1 Å². The summed E-state index contributed by atoms with van der Waals surface area (Å²) in [5.41, 5.74) is 11.1. The first-order chi connectivity index (χ1) is 26.8. The molecule has 0 aliphatic carbocycles. The molecule has 9 aromatic carbocycles. The fraction of sp³-hybridized carbons (Fsp3) is 0. The molecule has 0 N–H and O–H groups in total. The molecule has 11 rings (SSSR count). The molecule has 0 unspecified atom stereocenters. The Bertz CT molecular complexity index is 2990. The molecule has 1 aliphatic heterocycles. The third-order valence-electron chi connectivity index (χ3n) is 10.6. The molecule has 2 heterocycles. The van der Waals surface area contributed by atoms with E-state index in [9.17, 15) is 0 Å². The molecular formula is C50H32N2OS. The minimum Gasteiger partial charge on any atom is -0.456 e. The maximum absolute atomic E-state index is 6.20. The SMILES string of the molecule is c1ccc(N(c2ccccc2)c2ccc3c(c2)Sc2cccc4c2c-3cc2ccc(N(c3ccccc3)c3ccc5oc6ccccc6c5c3)cc24)cc1. The van der Waals surface area contributed by atoms with Gasteiger partial charge in [0.05, 0.1) is 0 Å². The van der Waals surface area contributed by atoms with Crippen molar-refractivity contribution in [2.45, 2.75) is 9.79 Å². The van der Waals surface area contributed by atoms with Crippen LogP contribution >= 0.6 is 11.8 Å². The molecule has 0 radical (unpaired) electrons. The Morgan fingerprint density at radius 1 is 0.333 bits per heavy atom. The Morgan fingerprint density at radius 2 is 0.889 bits per heavy atom. The van der Waals surface area contributed by atoms with E-state index in [1.807, 2.05) is 23.9 Å². The number of nitrogens with zero attached hydrogens (tertiary/aromatic N) is 2. The second-order valence-electron chi connectivity index (χ2n) is 13.7. The van der Waals surface area contributed by atoms with Gasteiger partial charge in [-0.25, -0.2) is 0 Å². The topological polar surface area (TPSA) is 19.6 Å². The van der Waals surface area contributed by atoms with Crippen LogP contribution in [0.1, 0.15) is 0 Å². The van der Waals surface area contributed by atoms with Gasteiger partial charge in [-0.1, -0.05) is 109 Å². The first kappa shape index (κ1) is 30.8. The van der Waals surface area contributed by atoms with Crippen molar-refractivity contribution >= 4 is 89.4 Å². The molecule has 0 atom stereocenters. The van der Waals surface area contributed by atoms with Crippen LogP contribution in [-0.4, -0.2) is 0 Å². The summed E-state index contributed by atoms with van der Waals surface area (Å²) in [5, 5.41) is 7.28. The van der Waals surface area contributed by atoms with Gasteiger partial charge < -0.3 is 14.2 Å². The molecule has 10 aromatic rings. The van der Waals surface area contributed by atoms with Crippen LogP contribution in [0, 0.1) is 0 Å². The quantitative estimate of drug-likeness (QED) is 0.160. The zero-order valence-corrected chi connectivity index (χ0v) is 30.0. The average molecular weight is 709 g/mol. The molecular weight excluding hydrogens is 677 g/mol. The molecule has 1 aliphatic rings. The fourth-order valence-corrected chi connectivity index (χ4v) is 9.33. The predicted molar refractivity (Wildman–Crippen MR) is 228 cm³/mol. The van der Waals surface area contributed by atoms with E-state index in [-0.39, 0.29) is 0 Å². The van der Waals surface area contributed by atoms with E-state index in [4.69, 9.17) is 4.42 Å². The van der Waals surface area contributed by atoms with E-state index >= 15 is 0 Å². The molecule has 4 heteroatoms. The van der Waals surface area contributed by atoms with Gasteiger partial charge >= 0.3 is 0 Å². The van der Waals surface area contributed by atoms with Crippen LogP contribution in [0.4, 0.5) is 34.1 Å². The molecule has 0 saturated carbocycles. The summed E-state index contributed by atoms with van der Waals surface area (Å²) in [4.78, 5) is 7.23. The molecule has 0 spiro atoms. The van der Waals surface area contributed by atoms with E-state index in [1.54, 1.807) is 0 Å². The summed E-state index contributed by atoms with van der Waals surface area (Å²) in [6.07, 6.45) is 0. The van der Waals surface area contributed by atoms with E-state index < -0.39 is 0 Å². The molecule has 3 nitrogen and oxygen atoms in total. The van der Waals surface area contributed by atoms with Crippen LogP contribution < -0.4 is 9.80 Å². The van der Waals surface area contributed by atoms with Crippen LogP contribution in [0.2, 0.25) is 0 Å². The van der Waals surface area contributed by atoms with Crippen LogP contribution in [0.25, 0.3) is 54.6 Å². The fourth-order valence-electron chi connectivity index (χ4n) is 8.16. The summed E-state index contributed by atoms with van der Waals surface area (Å²) >= 11 is 1.87. The van der Waals surface area contributed by atoms with Gasteiger partial charge in [0.2, 0.25) is 0 Å². The van der Waals surface area contributed by atoms with E-state index in [0.717, 1.165) is 56.1 Å². The van der Waals surface area contributed by atoms with Crippen LogP contribution in [0.15, 0.2) is 208 Å². The number of hydrogen-bond donors (Lipinski definition) is 0. The maximum Gasteiger partial charge on any atom is 0.135 e. The maximum atomic E-state index is 6.20. The Hall–Kier alpha value is -6.75. The van der Waals surface area contributed by atoms with E-state index in [2.05, 4.69) is 192 Å². The number of rotatable bonds is 6. The third kappa shape index (κ3) is 4.99. The minimum absolute atomic E-state index is 0.893. The molecule has 0 saturated heterocycles. The second-order valence-corrected chi connectivity index (χ2v) is 14.8. The summed E-state index contributed by atoms with van der Waals surface area (Å²) in [7, 11) is 0. The number of hydrogen-bond acceptors (Lipinski definition) is 4. The van der Waals surface area contributed by atoms with Crippen molar-refractivity contribution in [2.75, 3.05) is 9.80 Å². The van der Waals surface area contributed by atoms with Crippen LogP contribution in [0.5, 0.6) is 0 Å². The first-order valence-electron chi connectivity index (χ1n) is 18.3. The van der Waals surface area contributed by atoms with Crippen molar-refractivity contribution in [2.24, 2.45) is 0 Å². The average Bonchev–Trinajstić information content (AvgIpc) is 3.60. The Balaban J connectivity index is 1.06. The Kier molecular flexibility index (Phi) is 7.10. The van der Waals surface area contributed by atoms with Crippen molar-refractivity contribution in [1.82, 2.24) is 0 Å². The van der Waals surface area contributed by atoms with Gasteiger partial charge in [0.25, 0.3) is 0 Å². The van der Waals surface area contributed by atoms with Gasteiger partial charge in [0.1, 0.15) is 11.2 Å². The number of anilines is 6. The molecule has 54 heavy (non-hydrogen) atoms. The van der Waals surface area contributed by atoms with Gasteiger partial charge in [0, 0.05) is 60.1 Å². The summed E-state index contributed by atoms with van der Waals surface area (Å²) in [6, 6.07) is 69.7. The highest BCUT2D eigenvalue weighted by Gasteiger charge is 2.24. The van der Waals surface area contributed by atoms with Gasteiger partial charge in [0.15, 0.2) is 0 Å². The molecule has 0 fully saturated rings. The van der Waals surface area contributed by atoms with Gasteiger partial charge in [-0.2, -0.15) is 0 Å². The lowest BCUT2D eigenvalue weighted by molar-refractivity contribution is 0.669. The van der Waals surface area contributed by atoms with E-state index in [0.29, 0.717) is 0 Å². The minimum atomic E-state index is 0.893. The van der Waals surface area contributed by atoms with Gasteiger partial charge in [-0.3, -0.25) is 0 Å². The van der Waals surface area contributed by atoms with Gasteiger partial charge in [-0.05, 0) is 124 Å². The molecule has 1 aromatic heterocycles. The van der Waals surface area contributed by atoms with Crippen molar-refractivity contribution in [1.29, 1.82) is 0 Å². The van der Waals surface area contributed by atoms with Gasteiger partial charge in [-0.15, -0.1) is 0 Å². The number of fused-ring (bicyclic) bond motifs is 7. The zero-order chi connectivity index (χ0) is 35.6. The van der Waals surface area contributed by atoms with Crippen molar-refractivity contribution in [3.63, 3.8) is 0 Å². The van der Waals surface area contributed by atoms with Crippen molar-refractivity contribution < 1.29 is 4.42 Å². The highest BCUT2D eigenvalue weighted by molar-refractivity contribution is 7.99. The molecule has 0 amide bonds. The van der Waals surface area contributed by atoms with Crippen molar-refractivity contribution in [3.05, 3.63) is 194 Å². The lowest BCUT2D eigenvalue weighted by Crippen LogP contribution is -2.10. The Morgan fingerprint density at radius 3 is 1.61 bits per heavy atom. The van der Waals surface area contributed by atoms with E-state index in [1.165, 1.54) is 42.5 Å². The zero-order valence-electron chi connectivity index (χ0n) is 29.2. The highest BCUT2D eigenvalue weighted by atomic mass is 32.2. The standard InChI is InChI=1S/C50H32N2OS/c1-4-13-34(14-5-1)51(35-15-6-2-7-16-35)39-25-27-41-45-29-33-23-24-37(30-43(33)42-20-12-22-48(50(42)45)54-49(41)32-39)52(36-17-8-3-9-18-36)38-26-28-47-44(31-38)40-19-10-11-21-46(40)53-47/h1-32H. The first-order valence-corrected chi connectivity index (χ1v) is 19.1. The normalized spacial score (nSPS) is 12.0. The summed E-state index contributed by atoms with van der Waals surface area (Å²) in [6.45, 7) is 0. The smallest absolute Gasteiger partial charge is 0.135 e. The highest BCUT2D eigenvalue weighted by Crippen LogP contribution is 2.52. The third-order valence-corrected chi connectivity index (χ3v) is 11.7. The van der Waals surface area contributed by atoms with Crippen LogP contribution in [-0.2, 0) is 0 Å². The monoisotopic (exact) mass is 708 g/mol. The Labute approximate surface area is 317 Å². The largest absolute Gasteiger partial charge is 0.456 e. The number of benzene rings is 9.